The van der Waals surface area contributed by atoms with Crippen LogP contribution in [0.3, 0.4) is 0 Å². The molecule has 0 saturated carbocycles. The van der Waals surface area contributed by atoms with E-state index in [0.717, 1.165) is 5.56 Å². The molecular weight excluding hydrogens is 214 g/mol. The van der Waals surface area contributed by atoms with Crippen LogP contribution in [-0.4, -0.2) is 12.2 Å². The zero-order chi connectivity index (χ0) is 11.4. The quantitative estimate of drug-likeness (QED) is 0.838. The molecule has 0 heterocycles. The van der Waals surface area contributed by atoms with Crippen LogP contribution in [0.4, 0.5) is 10.5 Å². The fourth-order valence-electron chi connectivity index (χ4n) is 1.08. The van der Waals surface area contributed by atoms with Gasteiger partial charge in [0.05, 0.1) is 6.10 Å². The highest BCUT2D eigenvalue weighted by atomic mass is 35.5. The van der Waals surface area contributed by atoms with Gasteiger partial charge in [0.1, 0.15) is 0 Å². The number of hydrogen-bond donors (Lipinski definition) is 1. The first-order chi connectivity index (χ1) is 6.99. The Kier molecular flexibility index (Phi) is 3.97. The lowest BCUT2D eigenvalue weighted by Crippen LogP contribution is -2.18. The molecular formula is C11H14ClNO2. The number of hydrogen-bond acceptors (Lipinski definition) is 2. The van der Waals surface area contributed by atoms with Gasteiger partial charge in [0, 0.05) is 10.7 Å². The summed E-state index contributed by atoms with van der Waals surface area (Å²) in [5.74, 6) is 0. The lowest BCUT2D eigenvalue weighted by molar-refractivity contribution is 0.130. The van der Waals surface area contributed by atoms with Gasteiger partial charge in [-0.2, -0.15) is 0 Å². The molecule has 82 valence electrons. The molecule has 0 aromatic heterocycles. The van der Waals surface area contributed by atoms with Crippen molar-refractivity contribution in [2.45, 2.75) is 26.9 Å². The van der Waals surface area contributed by atoms with Crippen molar-refractivity contribution >= 4 is 23.4 Å². The van der Waals surface area contributed by atoms with Gasteiger partial charge in [0.2, 0.25) is 0 Å². The number of rotatable bonds is 2. The molecule has 1 N–H and O–H groups in total. The van der Waals surface area contributed by atoms with Crippen molar-refractivity contribution in [2.24, 2.45) is 0 Å². The third-order valence-electron chi connectivity index (χ3n) is 1.78. The maximum absolute atomic E-state index is 11.3. The van der Waals surface area contributed by atoms with E-state index >= 15 is 0 Å². The zero-order valence-electron chi connectivity index (χ0n) is 9.00. The first-order valence-corrected chi connectivity index (χ1v) is 5.10. The van der Waals surface area contributed by atoms with Crippen LogP contribution in [-0.2, 0) is 4.74 Å². The van der Waals surface area contributed by atoms with Crippen LogP contribution in [0, 0.1) is 6.92 Å². The van der Waals surface area contributed by atoms with E-state index in [2.05, 4.69) is 5.32 Å². The predicted octanol–water partition coefficient (Wildman–Crippen LogP) is 3.61. The van der Waals surface area contributed by atoms with Gasteiger partial charge in [-0.3, -0.25) is 5.32 Å². The van der Waals surface area contributed by atoms with Crippen molar-refractivity contribution in [1.82, 2.24) is 0 Å². The van der Waals surface area contributed by atoms with Crippen molar-refractivity contribution in [2.75, 3.05) is 5.32 Å². The topological polar surface area (TPSA) is 38.3 Å². The molecule has 0 radical (unpaired) electrons. The maximum atomic E-state index is 11.3. The van der Waals surface area contributed by atoms with Crippen molar-refractivity contribution in [3.05, 3.63) is 28.8 Å². The highest BCUT2D eigenvalue weighted by Gasteiger charge is 2.07. The maximum Gasteiger partial charge on any atom is 0.411 e. The van der Waals surface area contributed by atoms with Crippen LogP contribution in [0.1, 0.15) is 19.4 Å². The second kappa shape index (κ2) is 5.03. The Bertz CT molecular complexity index is 364. The number of aryl methyl sites for hydroxylation is 1. The molecule has 1 aromatic carbocycles. The Morgan fingerprint density at radius 1 is 1.47 bits per heavy atom. The number of carbonyl (C=O) groups excluding carboxylic acids is 1. The molecule has 0 saturated heterocycles. The van der Waals surface area contributed by atoms with Crippen molar-refractivity contribution < 1.29 is 9.53 Å². The lowest BCUT2D eigenvalue weighted by Gasteiger charge is -2.11. The number of nitrogens with one attached hydrogen (secondary N) is 1. The summed E-state index contributed by atoms with van der Waals surface area (Å²) in [4.78, 5) is 11.3. The average Bonchev–Trinajstić information content (AvgIpc) is 2.10. The predicted molar refractivity (Wildman–Crippen MR) is 61.4 cm³/mol. The summed E-state index contributed by atoms with van der Waals surface area (Å²) in [6.45, 7) is 5.48. The average molecular weight is 228 g/mol. The Labute approximate surface area is 94.4 Å². The second-order valence-corrected chi connectivity index (χ2v) is 3.97. The molecule has 1 aromatic rings. The molecule has 1 rings (SSSR count). The van der Waals surface area contributed by atoms with E-state index in [9.17, 15) is 4.79 Å². The summed E-state index contributed by atoms with van der Waals surface area (Å²) in [6, 6.07) is 5.31. The fourth-order valence-corrected chi connectivity index (χ4v) is 1.25. The minimum absolute atomic E-state index is 0.135. The number of halogens is 1. The van der Waals surface area contributed by atoms with E-state index in [4.69, 9.17) is 16.3 Å². The normalized spacial score (nSPS) is 10.2. The largest absolute Gasteiger partial charge is 0.447 e. The smallest absolute Gasteiger partial charge is 0.411 e. The van der Waals surface area contributed by atoms with E-state index in [0.29, 0.717) is 10.7 Å². The first-order valence-electron chi connectivity index (χ1n) is 4.73. The Morgan fingerprint density at radius 2 is 2.13 bits per heavy atom. The van der Waals surface area contributed by atoms with Gasteiger partial charge in [-0.05, 0) is 38.5 Å². The zero-order valence-corrected chi connectivity index (χ0v) is 9.76. The van der Waals surface area contributed by atoms with Crippen LogP contribution in [0.2, 0.25) is 5.02 Å². The molecule has 4 heteroatoms. The van der Waals surface area contributed by atoms with E-state index in [1.54, 1.807) is 26.0 Å². The third kappa shape index (κ3) is 3.80. The number of anilines is 1. The number of amides is 1. The van der Waals surface area contributed by atoms with Crippen LogP contribution < -0.4 is 5.32 Å². The summed E-state index contributed by atoms with van der Waals surface area (Å²) in [7, 11) is 0. The van der Waals surface area contributed by atoms with E-state index < -0.39 is 6.09 Å². The molecule has 1 amide bonds. The molecule has 15 heavy (non-hydrogen) atoms. The van der Waals surface area contributed by atoms with Gasteiger partial charge >= 0.3 is 6.09 Å². The van der Waals surface area contributed by atoms with Crippen molar-refractivity contribution in [1.29, 1.82) is 0 Å². The summed E-state index contributed by atoms with van der Waals surface area (Å²) in [6.07, 6.45) is -0.597. The van der Waals surface area contributed by atoms with Gasteiger partial charge in [-0.15, -0.1) is 0 Å². The van der Waals surface area contributed by atoms with Crippen LogP contribution >= 0.6 is 11.6 Å². The molecule has 0 aliphatic rings. The number of ether oxygens (including phenoxy) is 1. The first kappa shape index (κ1) is 11.9. The fraction of sp³-hybridized carbons (Fsp3) is 0.364. The lowest BCUT2D eigenvalue weighted by atomic mass is 10.2. The highest BCUT2D eigenvalue weighted by molar-refractivity contribution is 6.30. The van der Waals surface area contributed by atoms with E-state index in [1.807, 2.05) is 13.0 Å². The Morgan fingerprint density at radius 3 is 2.73 bits per heavy atom. The number of benzene rings is 1. The molecule has 0 aliphatic carbocycles. The van der Waals surface area contributed by atoms with Gasteiger partial charge < -0.3 is 4.74 Å². The second-order valence-electron chi connectivity index (χ2n) is 3.54. The summed E-state index contributed by atoms with van der Waals surface area (Å²) in [5.41, 5.74) is 1.62. The molecule has 0 spiro atoms. The molecule has 0 atom stereocenters. The van der Waals surface area contributed by atoms with E-state index in [-0.39, 0.29) is 6.10 Å². The SMILES string of the molecule is Cc1ccc(Cl)cc1NC(=O)OC(C)C. The van der Waals surface area contributed by atoms with Gasteiger partial charge in [-0.25, -0.2) is 4.79 Å². The minimum Gasteiger partial charge on any atom is -0.447 e. The van der Waals surface area contributed by atoms with Crippen molar-refractivity contribution in [3.63, 3.8) is 0 Å². The Balaban J connectivity index is 2.71. The molecule has 3 nitrogen and oxygen atoms in total. The summed E-state index contributed by atoms with van der Waals surface area (Å²) < 4.78 is 4.96. The third-order valence-corrected chi connectivity index (χ3v) is 2.01. The Hall–Kier alpha value is -1.22. The van der Waals surface area contributed by atoms with Crippen LogP contribution in [0.15, 0.2) is 18.2 Å². The van der Waals surface area contributed by atoms with Gasteiger partial charge in [0.25, 0.3) is 0 Å². The van der Waals surface area contributed by atoms with E-state index in [1.165, 1.54) is 0 Å². The monoisotopic (exact) mass is 227 g/mol. The standard InChI is InChI=1S/C11H14ClNO2/c1-7(2)15-11(14)13-10-6-9(12)5-4-8(10)3/h4-7H,1-3H3,(H,13,14). The molecule has 0 fully saturated rings. The number of carbonyl (C=O) groups is 1. The minimum atomic E-state index is -0.463. The van der Waals surface area contributed by atoms with Crippen molar-refractivity contribution in [3.8, 4) is 0 Å². The summed E-state index contributed by atoms with van der Waals surface area (Å²) >= 11 is 5.81. The molecule has 0 aliphatic heterocycles. The molecule has 0 bridgehead atoms. The van der Waals surface area contributed by atoms with Crippen LogP contribution in [0.25, 0.3) is 0 Å². The summed E-state index contributed by atoms with van der Waals surface area (Å²) in [5, 5.41) is 3.22. The molecule has 0 unspecified atom stereocenters. The van der Waals surface area contributed by atoms with Crippen LogP contribution in [0.5, 0.6) is 0 Å². The van der Waals surface area contributed by atoms with Gasteiger partial charge in [-0.1, -0.05) is 17.7 Å². The van der Waals surface area contributed by atoms with Gasteiger partial charge in [0.15, 0.2) is 0 Å². The highest BCUT2D eigenvalue weighted by Crippen LogP contribution is 2.20.